The summed E-state index contributed by atoms with van der Waals surface area (Å²) < 4.78 is 22.9. The number of piperidine rings is 1. The number of para-hydroxylation sites is 2. The van der Waals surface area contributed by atoms with E-state index in [2.05, 4.69) is 14.9 Å². The standard InChI is InChI=1S/C16H21N3O2S/c1-22(20,21)12-13-5-4-8-19(10-13)11-14-9-17-15-6-2-3-7-16(15)18-14/h2-3,6-7,9,13H,4-5,8,10-12H2,1H3. The Morgan fingerprint density at radius 1 is 1.27 bits per heavy atom. The highest BCUT2D eigenvalue weighted by atomic mass is 32.2. The molecule has 1 saturated heterocycles. The summed E-state index contributed by atoms with van der Waals surface area (Å²) in [7, 11) is -2.90. The second-order valence-corrected chi connectivity index (χ2v) is 8.37. The van der Waals surface area contributed by atoms with Crippen molar-refractivity contribution in [3.05, 3.63) is 36.2 Å². The molecular formula is C16H21N3O2S. The first-order valence-electron chi connectivity index (χ1n) is 7.60. The van der Waals surface area contributed by atoms with Gasteiger partial charge >= 0.3 is 0 Å². The highest BCUT2D eigenvalue weighted by Crippen LogP contribution is 2.20. The fourth-order valence-electron chi connectivity index (χ4n) is 3.16. The lowest BCUT2D eigenvalue weighted by atomic mass is 10.00. The topological polar surface area (TPSA) is 63.2 Å². The van der Waals surface area contributed by atoms with Gasteiger partial charge in [0.05, 0.1) is 28.7 Å². The molecule has 118 valence electrons. The van der Waals surface area contributed by atoms with E-state index < -0.39 is 9.84 Å². The van der Waals surface area contributed by atoms with E-state index in [0.717, 1.165) is 49.2 Å². The number of hydrogen-bond donors (Lipinski definition) is 0. The van der Waals surface area contributed by atoms with Gasteiger partial charge in [0, 0.05) is 19.3 Å². The van der Waals surface area contributed by atoms with E-state index in [4.69, 9.17) is 0 Å². The molecule has 22 heavy (non-hydrogen) atoms. The Labute approximate surface area is 131 Å². The van der Waals surface area contributed by atoms with E-state index in [0.29, 0.717) is 0 Å². The molecule has 0 amide bonds. The lowest BCUT2D eigenvalue weighted by molar-refractivity contribution is 0.176. The number of aromatic nitrogens is 2. The number of sulfone groups is 1. The molecule has 2 heterocycles. The molecule has 0 N–H and O–H groups in total. The lowest BCUT2D eigenvalue weighted by Crippen LogP contribution is -2.37. The lowest BCUT2D eigenvalue weighted by Gasteiger charge is -2.32. The Kier molecular flexibility index (Phi) is 4.40. The number of fused-ring (bicyclic) bond motifs is 1. The van der Waals surface area contributed by atoms with Crippen molar-refractivity contribution in [1.29, 1.82) is 0 Å². The molecule has 0 aliphatic carbocycles. The van der Waals surface area contributed by atoms with Crippen LogP contribution in [0.15, 0.2) is 30.5 Å². The Hall–Kier alpha value is -1.53. The molecule has 1 aromatic heterocycles. The van der Waals surface area contributed by atoms with Crippen LogP contribution in [0.1, 0.15) is 18.5 Å². The first-order chi connectivity index (χ1) is 10.5. The van der Waals surface area contributed by atoms with Crippen molar-refractivity contribution in [2.75, 3.05) is 25.1 Å². The Balaban J connectivity index is 1.68. The van der Waals surface area contributed by atoms with Gasteiger partial charge in [-0.15, -0.1) is 0 Å². The van der Waals surface area contributed by atoms with Crippen molar-refractivity contribution < 1.29 is 8.42 Å². The van der Waals surface area contributed by atoms with Crippen LogP contribution < -0.4 is 0 Å². The van der Waals surface area contributed by atoms with Crippen molar-refractivity contribution in [2.45, 2.75) is 19.4 Å². The monoisotopic (exact) mass is 319 g/mol. The average molecular weight is 319 g/mol. The summed E-state index contributed by atoms with van der Waals surface area (Å²) in [4.78, 5) is 11.4. The van der Waals surface area contributed by atoms with Gasteiger partial charge in [0.15, 0.2) is 0 Å². The number of benzene rings is 1. The van der Waals surface area contributed by atoms with Crippen LogP contribution in [0.5, 0.6) is 0 Å². The quantitative estimate of drug-likeness (QED) is 0.861. The molecule has 2 aromatic rings. The first-order valence-corrected chi connectivity index (χ1v) is 9.66. The zero-order valence-electron chi connectivity index (χ0n) is 12.8. The van der Waals surface area contributed by atoms with Gasteiger partial charge < -0.3 is 0 Å². The predicted molar refractivity (Wildman–Crippen MR) is 87.2 cm³/mol. The van der Waals surface area contributed by atoms with Crippen molar-refractivity contribution in [2.24, 2.45) is 5.92 Å². The Morgan fingerprint density at radius 2 is 2.05 bits per heavy atom. The summed E-state index contributed by atoms with van der Waals surface area (Å²) in [5, 5.41) is 0. The van der Waals surface area contributed by atoms with E-state index in [1.165, 1.54) is 6.26 Å². The predicted octanol–water partition coefficient (Wildman–Crippen LogP) is 1.89. The normalized spacial score (nSPS) is 20.3. The van der Waals surface area contributed by atoms with Gasteiger partial charge in [0.1, 0.15) is 9.84 Å². The zero-order valence-corrected chi connectivity index (χ0v) is 13.6. The molecule has 1 aromatic carbocycles. The largest absolute Gasteiger partial charge is 0.297 e. The highest BCUT2D eigenvalue weighted by molar-refractivity contribution is 7.90. The van der Waals surface area contributed by atoms with E-state index in [-0.39, 0.29) is 11.7 Å². The number of hydrogen-bond acceptors (Lipinski definition) is 5. The summed E-state index contributed by atoms with van der Waals surface area (Å²) in [6, 6.07) is 7.84. The minimum atomic E-state index is -2.90. The summed E-state index contributed by atoms with van der Waals surface area (Å²) in [5.41, 5.74) is 2.75. The van der Waals surface area contributed by atoms with Gasteiger partial charge in [-0.05, 0) is 37.4 Å². The maximum atomic E-state index is 11.5. The maximum absolute atomic E-state index is 11.5. The zero-order chi connectivity index (χ0) is 15.6. The fraction of sp³-hybridized carbons (Fsp3) is 0.500. The second-order valence-electron chi connectivity index (χ2n) is 6.19. The van der Waals surface area contributed by atoms with Crippen molar-refractivity contribution in [1.82, 2.24) is 14.9 Å². The van der Waals surface area contributed by atoms with Crippen LogP contribution in [0.4, 0.5) is 0 Å². The van der Waals surface area contributed by atoms with Crippen LogP contribution in [0.2, 0.25) is 0 Å². The van der Waals surface area contributed by atoms with Crippen LogP contribution >= 0.6 is 0 Å². The van der Waals surface area contributed by atoms with Crippen LogP contribution in [-0.4, -0.2) is 48.4 Å². The molecular weight excluding hydrogens is 298 g/mol. The number of rotatable bonds is 4. The van der Waals surface area contributed by atoms with E-state index in [1.54, 1.807) is 0 Å². The number of nitrogens with zero attached hydrogens (tertiary/aromatic N) is 3. The fourth-order valence-corrected chi connectivity index (χ4v) is 4.29. The van der Waals surface area contributed by atoms with E-state index >= 15 is 0 Å². The third-order valence-electron chi connectivity index (χ3n) is 4.03. The molecule has 1 fully saturated rings. The van der Waals surface area contributed by atoms with Crippen molar-refractivity contribution in [3.8, 4) is 0 Å². The van der Waals surface area contributed by atoms with Gasteiger partial charge in [-0.25, -0.2) is 13.4 Å². The number of likely N-dealkylation sites (tertiary alicyclic amines) is 1. The van der Waals surface area contributed by atoms with Crippen LogP contribution in [-0.2, 0) is 16.4 Å². The van der Waals surface area contributed by atoms with Crippen LogP contribution in [0, 0.1) is 5.92 Å². The summed E-state index contributed by atoms with van der Waals surface area (Å²) >= 11 is 0. The molecule has 0 saturated carbocycles. The highest BCUT2D eigenvalue weighted by Gasteiger charge is 2.23. The Morgan fingerprint density at radius 3 is 2.82 bits per heavy atom. The third-order valence-corrected chi connectivity index (χ3v) is 5.10. The molecule has 0 radical (unpaired) electrons. The van der Waals surface area contributed by atoms with Gasteiger partial charge in [0.25, 0.3) is 0 Å². The van der Waals surface area contributed by atoms with E-state index in [1.807, 2.05) is 30.5 Å². The van der Waals surface area contributed by atoms with Crippen LogP contribution in [0.25, 0.3) is 11.0 Å². The van der Waals surface area contributed by atoms with Crippen molar-refractivity contribution >= 4 is 20.9 Å². The minimum absolute atomic E-state index is 0.233. The summed E-state index contributed by atoms with van der Waals surface area (Å²) in [6.07, 6.45) is 5.18. The van der Waals surface area contributed by atoms with Gasteiger partial charge in [-0.2, -0.15) is 0 Å². The molecule has 0 spiro atoms. The first kappa shape index (κ1) is 15.4. The minimum Gasteiger partial charge on any atom is -0.297 e. The average Bonchev–Trinajstić information content (AvgIpc) is 2.46. The van der Waals surface area contributed by atoms with Crippen molar-refractivity contribution in [3.63, 3.8) is 0 Å². The SMILES string of the molecule is CS(=O)(=O)CC1CCCN(Cc2cnc3ccccc3n2)C1. The maximum Gasteiger partial charge on any atom is 0.147 e. The Bertz CT molecular complexity index is 761. The van der Waals surface area contributed by atoms with E-state index in [9.17, 15) is 8.42 Å². The summed E-state index contributed by atoms with van der Waals surface area (Å²) in [5.74, 6) is 0.518. The van der Waals surface area contributed by atoms with Crippen LogP contribution in [0.3, 0.4) is 0 Å². The molecule has 5 nitrogen and oxygen atoms in total. The molecule has 1 aliphatic heterocycles. The molecule has 1 aliphatic rings. The molecule has 1 atom stereocenters. The molecule has 3 rings (SSSR count). The summed E-state index contributed by atoms with van der Waals surface area (Å²) in [6.45, 7) is 2.55. The van der Waals surface area contributed by atoms with Gasteiger partial charge in [-0.1, -0.05) is 12.1 Å². The molecule has 6 heteroatoms. The smallest absolute Gasteiger partial charge is 0.147 e. The molecule has 1 unspecified atom stereocenters. The molecule has 0 bridgehead atoms. The van der Waals surface area contributed by atoms with Gasteiger partial charge in [0.2, 0.25) is 0 Å². The second kappa shape index (κ2) is 6.30. The van der Waals surface area contributed by atoms with Gasteiger partial charge in [-0.3, -0.25) is 9.88 Å². The third kappa shape index (κ3) is 4.01.